The van der Waals surface area contributed by atoms with Gasteiger partial charge in [-0.1, -0.05) is 51.3 Å². The van der Waals surface area contributed by atoms with Crippen LogP contribution in [0.4, 0.5) is 5.69 Å². The van der Waals surface area contributed by atoms with Gasteiger partial charge in [-0.15, -0.1) is 0 Å². The summed E-state index contributed by atoms with van der Waals surface area (Å²) in [6, 6.07) is 13.1. The van der Waals surface area contributed by atoms with Crippen molar-refractivity contribution in [2.45, 2.75) is 0 Å². The van der Waals surface area contributed by atoms with E-state index in [1.165, 1.54) is 0 Å². The van der Waals surface area contributed by atoms with Crippen molar-refractivity contribution in [2.24, 2.45) is 5.10 Å². The zero-order valence-electron chi connectivity index (χ0n) is 9.20. The van der Waals surface area contributed by atoms with Crippen molar-refractivity contribution >= 4 is 51.0 Å². The predicted molar refractivity (Wildman–Crippen MR) is 81.8 cm³/mol. The third-order valence-corrected chi connectivity index (χ3v) is 3.41. The summed E-state index contributed by atoms with van der Waals surface area (Å²) in [4.78, 5) is 0. The van der Waals surface area contributed by atoms with Gasteiger partial charge >= 0.3 is 0 Å². The second-order valence-electron chi connectivity index (χ2n) is 3.55. The molecule has 0 saturated carbocycles. The number of anilines is 1. The summed E-state index contributed by atoms with van der Waals surface area (Å²) < 4.78 is 1.01. The number of benzene rings is 2. The van der Waals surface area contributed by atoms with Gasteiger partial charge in [-0.3, -0.25) is 5.43 Å². The minimum atomic E-state index is 0.499. The molecule has 0 radical (unpaired) electrons. The zero-order valence-corrected chi connectivity index (χ0v) is 12.3. The maximum absolute atomic E-state index is 5.90. The van der Waals surface area contributed by atoms with E-state index in [1.54, 1.807) is 18.3 Å². The molecule has 92 valence electrons. The highest BCUT2D eigenvalue weighted by molar-refractivity contribution is 9.10. The Balaban J connectivity index is 2.05. The molecule has 0 atom stereocenters. The summed E-state index contributed by atoms with van der Waals surface area (Å²) >= 11 is 15.1. The molecule has 0 unspecified atom stereocenters. The van der Waals surface area contributed by atoms with Crippen molar-refractivity contribution in [2.75, 3.05) is 5.43 Å². The van der Waals surface area contributed by atoms with Crippen LogP contribution >= 0.6 is 39.1 Å². The Morgan fingerprint density at radius 1 is 1.06 bits per heavy atom. The molecule has 0 amide bonds. The minimum absolute atomic E-state index is 0.499. The highest BCUT2D eigenvalue weighted by Gasteiger charge is 1.97. The van der Waals surface area contributed by atoms with Crippen LogP contribution in [0.2, 0.25) is 10.0 Å². The maximum atomic E-state index is 5.90. The largest absolute Gasteiger partial charge is 0.278 e. The number of rotatable bonds is 3. The molecule has 0 aromatic heterocycles. The number of nitrogens with one attached hydrogen (secondary N) is 1. The summed E-state index contributed by atoms with van der Waals surface area (Å²) in [6.45, 7) is 0. The Kier molecular flexibility index (Phi) is 4.64. The van der Waals surface area contributed by atoms with E-state index in [0.29, 0.717) is 10.0 Å². The summed E-state index contributed by atoms with van der Waals surface area (Å²) in [5.41, 5.74) is 4.68. The summed E-state index contributed by atoms with van der Waals surface area (Å²) in [5, 5.41) is 5.15. The SMILES string of the molecule is Clc1ccc(N/N=C/c2cccc(Br)c2)cc1Cl. The van der Waals surface area contributed by atoms with Gasteiger partial charge in [-0.2, -0.15) is 5.10 Å². The molecule has 18 heavy (non-hydrogen) atoms. The normalized spacial score (nSPS) is 10.8. The molecule has 2 nitrogen and oxygen atoms in total. The van der Waals surface area contributed by atoms with Crippen LogP contribution in [0.3, 0.4) is 0 Å². The first-order valence-electron chi connectivity index (χ1n) is 5.15. The zero-order chi connectivity index (χ0) is 13.0. The Hall–Kier alpha value is -1.03. The standard InChI is InChI=1S/C13H9BrCl2N2/c14-10-3-1-2-9(6-10)8-17-18-11-4-5-12(15)13(16)7-11/h1-8,18H/b17-8+. The van der Waals surface area contributed by atoms with E-state index >= 15 is 0 Å². The lowest BCUT2D eigenvalue weighted by Gasteiger charge is -2.01. The second kappa shape index (κ2) is 6.23. The predicted octanol–water partition coefficient (Wildman–Crippen LogP) is 5.20. The van der Waals surface area contributed by atoms with Crippen LogP contribution in [-0.2, 0) is 0 Å². The van der Waals surface area contributed by atoms with Gasteiger partial charge < -0.3 is 0 Å². The Morgan fingerprint density at radius 3 is 2.61 bits per heavy atom. The Morgan fingerprint density at radius 2 is 1.89 bits per heavy atom. The fourth-order valence-electron chi connectivity index (χ4n) is 1.33. The van der Waals surface area contributed by atoms with Gasteiger partial charge in [-0.05, 0) is 35.9 Å². The van der Waals surface area contributed by atoms with Crippen LogP contribution in [0.25, 0.3) is 0 Å². The fourth-order valence-corrected chi connectivity index (χ4v) is 2.05. The van der Waals surface area contributed by atoms with Crippen LogP contribution in [0, 0.1) is 0 Å². The van der Waals surface area contributed by atoms with E-state index in [9.17, 15) is 0 Å². The molecule has 0 aliphatic rings. The summed E-state index contributed by atoms with van der Waals surface area (Å²) in [7, 11) is 0. The van der Waals surface area contributed by atoms with Gasteiger partial charge in [0.25, 0.3) is 0 Å². The van der Waals surface area contributed by atoms with E-state index in [4.69, 9.17) is 23.2 Å². The first-order valence-corrected chi connectivity index (χ1v) is 6.70. The summed E-state index contributed by atoms with van der Waals surface area (Å²) in [6.07, 6.45) is 1.73. The first-order chi connectivity index (χ1) is 8.65. The number of hydrazone groups is 1. The molecule has 0 aliphatic heterocycles. The highest BCUT2D eigenvalue weighted by atomic mass is 79.9. The molecule has 0 fully saturated rings. The van der Waals surface area contributed by atoms with Crippen LogP contribution in [0.5, 0.6) is 0 Å². The minimum Gasteiger partial charge on any atom is -0.278 e. The highest BCUT2D eigenvalue weighted by Crippen LogP contribution is 2.24. The molecule has 2 rings (SSSR count). The van der Waals surface area contributed by atoms with Crippen molar-refractivity contribution < 1.29 is 0 Å². The van der Waals surface area contributed by atoms with Gasteiger partial charge in [-0.25, -0.2) is 0 Å². The van der Waals surface area contributed by atoms with Crippen LogP contribution in [0.1, 0.15) is 5.56 Å². The third-order valence-electron chi connectivity index (χ3n) is 2.18. The smallest absolute Gasteiger partial charge is 0.0613 e. The molecule has 5 heteroatoms. The van der Waals surface area contributed by atoms with Crippen molar-refractivity contribution in [1.82, 2.24) is 0 Å². The third kappa shape index (κ3) is 3.73. The number of hydrogen-bond acceptors (Lipinski definition) is 2. The molecule has 2 aromatic rings. The van der Waals surface area contributed by atoms with Crippen LogP contribution < -0.4 is 5.43 Å². The number of hydrogen-bond donors (Lipinski definition) is 1. The molecule has 0 spiro atoms. The molecule has 0 saturated heterocycles. The first kappa shape index (κ1) is 13.4. The second-order valence-corrected chi connectivity index (χ2v) is 5.28. The van der Waals surface area contributed by atoms with E-state index < -0.39 is 0 Å². The average Bonchev–Trinajstić information content (AvgIpc) is 2.34. The molecule has 0 aliphatic carbocycles. The molecule has 0 bridgehead atoms. The van der Waals surface area contributed by atoms with Crippen molar-refractivity contribution in [3.8, 4) is 0 Å². The van der Waals surface area contributed by atoms with E-state index in [2.05, 4.69) is 26.5 Å². The monoisotopic (exact) mass is 342 g/mol. The maximum Gasteiger partial charge on any atom is 0.0613 e. The van der Waals surface area contributed by atoms with Crippen LogP contribution in [0.15, 0.2) is 52.0 Å². The molecule has 1 N–H and O–H groups in total. The van der Waals surface area contributed by atoms with E-state index in [1.807, 2.05) is 30.3 Å². The van der Waals surface area contributed by atoms with Gasteiger partial charge in [0.2, 0.25) is 0 Å². The Labute approximate surface area is 124 Å². The van der Waals surface area contributed by atoms with Gasteiger partial charge in [0.05, 0.1) is 21.9 Å². The lowest BCUT2D eigenvalue weighted by Crippen LogP contribution is -1.90. The number of halogens is 3. The van der Waals surface area contributed by atoms with Gasteiger partial charge in [0.1, 0.15) is 0 Å². The van der Waals surface area contributed by atoms with E-state index in [0.717, 1.165) is 15.7 Å². The van der Waals surface area contributed by atoms with Crippen LogP contribution in [-0.4, -0.2) is 6.21 Å². The lowest BCUT2D eigenvalue weighted by atomic mass is 10.2. The average molecular weight is 344 g/mol. The summed E-state index contributed by atoms with van der Waals surface area (Å²) in [5.74, 6) is 0. The molecule has 0 heterocycles. The van der Waals surface area contributed by atoms with Gasteiger partial charge in [0.15, 0.2) is 0 Å². The van der Waals surface area contributed by atoms with Crippen molar-refractivity contribution in [3.05, 3.63) is 62.5 Å². The topological polar surface area (TPSA) is 24.4 Å². The lowest BCUT2D eigenvalue weighted by molar-refractivity contribution is 1.35. The number of nitrogens with zero attached hydrogens (tertiary/aromatic N) is 1. The Bertz CT molecular complexity index is 585. The molecular formula is C13H9BrCl2N2. The van der Waals surface area contributed by atoms with E-state index in [-0.39, 0.29) is 0 Å². The van der Waals surface area contributed by atoms with Gasteiger partial charge in [0, 0.05) is 4.47 Å². The molecular weight excluding hydrogens is 335 g/mol. The van der Waals surface area contributed by atoms with Crippen molar-refractivity contribution in [3.63, 3.8) is 0 Å². The quantitative estimate of drug-likeness (QED) is 0.601. The molecule has 2 aromatic carbocycles. The fraction of sp³-hybridized carbons (Fsp3) is 0. The van der Waals surface area contributed by atoms with Crippen molar-refractivity contribution in [1.29, 1.82) is 0 Å².